The lowest BCUT2D eigenvalue weighted by atomic mass is 10.5. The lowest BCUT2D eigenvalue weighted by Crippen LogP contribution is -2.08. The zero-order chi connectivity index (χ0) is 19.6. The van der Waals surface area contributed by atoms with Crippen molar-refractivity contribution in [3.8, 4) is 0 Å². The van der Waals surface area contributed by atoms with Gasteiger partial charge in [0.25, 0.3) is 0 Å². The van der Waals surface area contributed by atoms with Crippen LogP contribution in [0.5, 0.6) is 0 Å². The van der Waals surface area contributed by atoms with Crippen molar-refractivity contribution < 1.29 is 46.6 Å². The van der Waals surface area contributed by atoms with Gasteiger partial charge in [0.05, 0.1) is 12.9 Å². The third-order valence-corrected chi connectivity index (χ3v) is 6.63. The normalized spacial score (nSPS) is 17.1. The van der Waals surface area contributed by atoms with Crippen molar-refractivity contribution in [2.75, 3.05) is 18.7 Å². The van der Waals surface area contributed by atoms with Gasteiger partial charge in [0.15, 0.2) is 11.5 Å². The van der Waals surface area contributed by atoms with E-state index in [1.54, 1.807) is 0 Å². The van der Waals surface area contributed by atoms with Gasteiger partial charge in [-0.2, -0.15) is 4.31 Å². The Bertz CT molecular complexity index is 927. The largest absolute Gasteiger partial charge is 0.488 e. The van der Waals surface area contributed by atoms with Crippen LogP contribution in [0.25, 0.3) is 11.2 Å². The fraction of sp³-hybridized carbons (Fsp3) is 0.375. The van der Waals surface area contributed by atoms with Crippen LogP contribution in [0.2, 0.25) is 0 Å². The predicted octanol–water partition coefficient (Wildman–Crippen LogP) is -0.206. The van der Waals surface area contributed by atoms with Crippen molar-refractivity contribution in [3.63, 3.8) is 0 Å². The van der Waals surface area contributed by atoms with E-state index in [-0.39, 0.29) is 19.0 Å². The molecule has 0 aliphatic heterocycles. The Morgan fingerprint density at radius 3 is 2.42 bits per heavy atom. The van der Waals surface area contributed by atoms with Crippen molar-refractivity contribution >= 4 is 40.2 Å². The maximum Gasteiger partial charge on any atom is 0.488 e. The van der Waals surface area contributed by atoms with Crippen LogP contribution in [-0.2, 0) is 33.6 Å². The second kappa shape index (κ2) is 7.79. The summed E-state index contributed by atoms with van der Waals surface area (Å²) in [6, 6.07) is 0. The van der Waals surface area contributed by atoms with Gasteiger partial charge >= 0.3 is 23.2 Å². The van der Waals surface area contributed by atoms with Crippen LogP contribution in [0.3, 0.4) is 0 Å². The van der Waals surface area contributed by atoms with Gasteiger partial charge in [0, 0.05) is 6.54 Å². The molecule has 146 valence electrons. The molecule has 0 spiro atoms. The fourth-order valence-corrected chi connectivity index (χ4v) is 5.04. The van der Waals surface area contributed by atoms with E-state index in [0.29, 0.717) is 11.2 Å². The van der Waals surface area contributed by atoms with Crippen LogP contribution in [-0.4, -0.2) is 52.0 Å². The number of fused-ring (bicyclic) bond motifs is 1. The molecule has 0 saturated carbocycles. The van der Waals surface area contributed by atoms with E-state index in [2.05, 4.69) is 23.6 Å². The van der Waals surface area contributed by atoms with Crippen molar-refractivity contribution in [1.82, 2.24) is 19.5 Å². The number of hydrogen-bond donors (Lipinski definition) is 5. The van der Waals surface area contributed by atoms with Crippen molar-refractivity contribution in [2.24, 2.45) is 0 Å². The molecule has 0 fully saturated rings. The molecule has 0 amide bonds. The number of hydrogen-bond acceptors (Lipinski definition) is 10. The molecule has 2 unspecified atom stereocenters. The molecule has 2 aromatic heterocycles. The lowest BCUT2D eigenvalue weighted by molar-refractivity contribution is 0.145. The number of aromatic nitrogens is 4. The van der Waals surface area contributed by atoms with Gasteiger partial charge in [-0.3, -0.25) is 4.57 Å². The molecule has 6 N–H and O–H groups in total. The minimum Gasteiger partial charge on any atom is -0.382 e. The standard InChI is InChI=1S/C8H14N5O10P3/c9-7-6-8(11-3-10-7)13(4-12-6)1-2-21-5-24(14,15)22-26(19,20)23-25(16,17)18/h3-4H,1-2,5H2,(H,14,15)(H,19,20)(H2,9,10,11)(H2,16,17,18). The van der Waals surface area contributed by atoms with Crippen LogP contribution < -0.4 is 5.73 Å². The Balaban J connectivity index is 1.88. The average Bonchev–Trinajstić information content (AvgIpc) is 2.84. The summed E-state index contributed by atoms with van der Waals surface area (Å²) in [6.45, 7) is -0.0267. The highest BCUT2D eigenvalue weighted by molar-refractivity contribution is 7.68. The van der Waals surface area contributed by atoms with Gasteiger partial charge < -0.3 is 34.6 Å². The third kappa shape index (κ3) is 6.18. The van der Waals surface area contributed by atoms with Gasteiger partial charge in [-0.25, -0.2) is 28.4 Å². The highest BCUT2D eigenvalue weighted by Gasteiger charge is 2.39. The summed E-state index contributed by atoms with van der Waals surface area (Å²) >= 11 is 0. The second-order valence-corrected chi connectivity index (χ2v) is 9.42. The van der Waals surface area contributed by atoms with E-state index < -0.39 is 29.6 Å². The number of rotatable bonds is 9. The van der Waals surface area contributed by atoms with Crippen LogP contribution in [0.4, 0.5) is 5.82 Å². The average molecular weight is 433 g/mol. The molecule has 26 heavy (non-hydrogen) atoms. The SMILES string of the molecule is Nc1ncnc2c1ncn2CCOCP(=O)(O)OP(=O)(O)OP(=O)(O)O. The van der Waals surface area contributed by atoms with E-state index in [0.717, 1.165) is 0 Å². The molecular weight excluding hydrogens is 419 g/mol. The first-order chi connectivity index (χ1) is 11.9. The Morgan fingerprint density at radius 2 is 1.77 bits per heavy atom. The van der Waals surface area contributed by atoms with E-state index in [1.165, 1.54) is 17.2 Å². The molecule has 0 aromatic carbocycles. The molecule has 0 radical (unpaired) electrons. The van der Waals surface area contributed by atoms with E-state index >= 15 is 0 Å². The van der Waals surface area contributed by atoms with Gasteiger partial charge in [-0.1, -0.05) is 0 Å². The van der Waals surface area contributed by atoms with E-state index in [4.69, 9.17) is 25.2 Å². The van der Waals surface area contributed by atoms with Crippen LogP contribution in [0.15, 0.2) is 12.7 Å². The fourth-order valence-electron chi connectivity index (χ4n) is 1.74. The zero-order valence-corrected chi connectivity index (χ0v) is 15.4. The van der Waals surface area contributed by atoms with Crippen LogP contribution in [0.1, 0.15) is 0 Å². The molecule has 2 atom stereocenters. The van der Waals surface area contributed by atoms with E-state index in [1.807, 2.05) is 0 Å². The Hall–Kier alpha value is -1.24. The molecule has 2 heterocycles. The Morgan fingerprint density at radius 1 is 1.08 bits per heavy atom. The summed E-state index contributed by atoms with van der Waals surface area (Å²) < 4.78 is 47.0. The number of nitrogens with two attached hydrogens (primary N) is 1. The molecular formula is C8H14N5O10P3. The molecule has 2 rings (SSSR count). The maximum absolute atomic E-state index is 11.6. The number of phosphoric acid groups is 2. The number of nitrogen functional groups attached to an aromatic ring is 1. The summed E-state index contributed by atoms with van der Waals surface area (Å²) in [4.78, 5) is 47.0. The summed E-state index contributed by atoms with van der Waals surface area (Å²) in [6.07, 6.45) is 1.59. The molecule has 0 bridgehead atoms. The third-order valence-electron chi connectivity index (χ3n) is 2.60. The summed E-state index contributed by atoms with van der Waals surface area (Å²) in [5.41, 5.74) is 6.38. The smallest absolute Gasteiger partial charge is 0.382 e. The quantitative estimate of drug-likeness (QED) is 0.255. The zero-order valence-electron chi connectivity index (χ0n) is 12.7. The Kier molecular flexibility index (Phi) is 6.31. The highest BCUT2D eigenvalue weighted by atomic mass is 31.3. The lowest BCUT2D eigenvalue weighted by Gasteiger charge is -2.16. The highest BCUT2D eigenvalue weighted by Crippen LogP contribution is 2.65. The molecule has 0 saturated heterocycles. The van der Waals surface area contributed by atoms with E-state index in [9.17, 15) is 18.6 Å². The molecule has 2 aromatic rings. The van der Waals surface area contributed by atoms with Gasteiger partial charge in [0.2, 0.25) is 0 Å². The van der Waals surface area contributed by atoms with Crippen molar-refractivity contribution in [2.45, 2.75) is 6.54 Å². The van der Waals surface area contributed by atoms with Crippen LogP contribution in [0, 0.1) is 0 Å². The van der Waals surface area contributed by atoms with Crippen molar-refractivity contribution in [1.29, 1.82) is 0 Å². The van der Waals surface area contributed by atoms with Gasteiger partial charge in [-0.05, 0) is 0 Å². The first kappa shape index (κ1) is 21.1. The maximum atomic E-state index is 11.6. The minimum atomic E-state index is -5.47. The van der Waals surface area contributed by atoms with Gasteiger partial charge in [-0.15, -0.1) is 0 Å². The summed E-state index contributed by atoms with van der Waals surface area (Å²) in [5.74, 6) is 0.173. The molecule has 18 heteroatoms. The Labute approximate surface area is 145 Å². The molecule has 0 aliphatic rings. The predicted molar refractivity (Wildman–Crippen MR) is 84.4 cm³/mol. The number of anilines is 1. The monoisotopic (exact) mass is 433 g/mol. The number of imidazole rings is 1. The molecule has 0 aliphatic carbocycles. The summed E-state index contributed by atoms with van der Waals surface area (Å²) in [5, 5.41) is 0. The van der Waals surface area contributed by atoms with Crippen LogP contribution >= 0.6 is 23.2 Å². The minimum absolute atomic E-state index is 0.128. The second-order valence-electron chi connectivity index (χ2n) is 4.67. The summed E-state index contributed by atoms with van der Waals surface area (Å²) in [7, 11) is -15.7. The van der Waals surface area contributed by atoms with Gasteiger partial charge in [0.1, 0.15) is 18.2 Å². The van der Waals surface area contributed by atoms with Crippen molar-refractivity contribution in [3.05, 3.63) is 12.7 Å². The number of ether oxygens (including phenoxy) is 1. The topological polar surface area (TPSA) is 229 Å². The first-order valence-electron chi connectivity index (χ1n) is 6.50. The first-order valence-corrected chi connectivity index (χ1v) is 11.3. The number of nitrogens with zero attached hydrogens (tertiary/aromatic N) is 4. The molecule has 15 nitrogen and oxygen atoms in total.